The van der Waals surface area contributed by atoms with E-state index in [4.69, 9.17) is 4.74 Å². The first-order valence-corrected chi connectivity index (χ1v) is 7.11. The zero-order chi connectivity index (χ0) is 14.4. The molecule has 1 aromatic rings. The molecule has 1 fully saturated rings. The average Bonchev–Trinajstić information content (AvgIpc) is 2.48. The van der Waals surface area contributed by atoms with Gasteiger partial charge in [0, 0.05) is 19.6 Å². The van der Waals surface area contributed by atoms with Crippen LogP contribution >= 0.6 is 0 Å². The molecule has 110 valence electrons. The van der Waals surface area contributed by atoms with Gasteiger partial charge in [0.1, 0.15) is 0 Å². The summed E-state index contributed by atoms with van der Waals surface area (Å²) < 4.78 is 5.29. The minimum Gasteiger partial charge on any atom is -0.378 e. The molecule has 2 heterocycles. The molecule has 1 aromatic heterocycles. The van der Waals surface area contributed by atoms with E-state index in [2.05, 4.69) is 34.3 Å². The molecule has 1 N–H and O–H groups in total. The topological polar surface area (TPSA) is 67.4 Å². The van der Waals surface area contributed by atoms with Gasteiger partial charge in [0.05, 0.1) is 13.2 Å². The summed E-state index contributed by atoms with van der Waals surface area (Å²) in [6.07, 6.45) is 0.963. The number of rotatable bonds is 5. The van der Waals surface area contributed by atoms with Crippen LogP contribution in [0.4, 0.5) is 5.82 Å². The molecule has 0 radical (unpaired) electrons. The normalized spacial score (nSPS) is 15.4. The van der Waals surface area contributed by atoms with Crippen molar-refractivity contribution in [3.63, 3.8) is 0 Å². The molecular weight excluding hydrogens is 256 g/mol. The molecule has 1 aliphatic heterocycles. The lowest BCUT2D eigenvalue weighted by molar-refractivity contribution is 0.0945. The molecule has 0 unspecified atom stereocenters. The van der Waals surface area contributed by atoms with Crippen LogP contribution in [0.15, 0.2) is 12.1 Å². The summed E-state index contributed by atoms with van der Waals surface area (Å²) in [5, 5.41) is 11.0. The van der Waals surface area contributed by atoms with Crippen molar-refractivity contribution in [2.45, 2.75) is 20.3 Å². The van der Waals surface area contributed by atoms with Crippen LogP contribution in [0.2, 0.25) is 0 Å². The molecule has 6 heteroatoms. The van der Waals surface area contributed by atoms with E-state index in [1.807, 2.05) is 6.07 Å². The standard InChI is InChI=1S/C14H22N4O2/c1-11(2)5-6-15-14(19)12-3-4-13(17-16-12)18-7-9-20-10-8-18/h3-4,11H,5-10H2,1-2H3,(H,15,19). The number of anilines is 1. The molecule has 0 bridgehead atoms. The molecule has 1 aliphatic rings. The molecule has 1 saturated heterocycles. The lowest BCUT2D eigenvalue weighted by atomic mass is 10.1. The molecule has 0 atom stereocenters. The number of ether oxygens (including phenoxy) is 1. The van der Waals surface area contributed by atoms with Crippen LogP contribution in [0.3, 0.4) is 0 Å². The van der Waals surface area contributed by atoms with Gasteiger partial charge in [-0.3, -0.25) is 4.79 Å². The molecular formula is C14H22N4O2. The average molecular weight is 278 g/mol. The third-order valence-corrected chi connectivity index (χ3v) is 3.23. The SMILES string of the molecule is CC(C)CCNC(=O)c1ccc(N2CCOCC2)nn1. The predicted molar refractivity (Wildman–Crippen MR) is 76.9 cm³/mol. The van der Waals surface area contributed by atoms with Crippen LogP contribution in [-0.2, 0) is 4.74 Å². The maximum atomic E-state index is 11.9. The van der Waals surface area contributed by atoms with E-state index in [1.54, 1.807) is 6.07 Å². The molecule has 0 aromatic carbocycles. The van der Waals surface area contributed by atoms with Crippen LogP contribution in [0.1, 0.15) is 30.8 Å². The van der Waals surface area contributed by atoms with Crippen molar-refractivity contribution in [3.05, 3.63) is 17.8 Å². The first-order valence-electron chi connectivity index (χ1n) is 7.11. The Balaban J connectivity index is 1.88. The zero-order valence-corrected chi connectivity index (χ0v) is 12.1. The van der Waals surface area contributed by atoms with Crippen LogP contribution in [0.5, 0.6) is 0 Å². The second-order valence-electron chi connectivity index (χ2n) is 5.31. The Labute approximate surface area is 119 Å². The third kappa shape index (κ3) is 4.16. The van der Waals surface area contributed by atoms with Gasteiger partial charge in [-0.15, -0.1) is 10.2 Å². The van der Waals surface area contributed by atoms with E-state index < -0.39 is 0 Å². The monoisotopic (exact) mass is 278 g/mol. The number of nitrogens with zero attached hydrogens (tertiary/aromatic N) is 3. The second-order valence-corrected chi connectivity index (χ2v) is 5.31. The number of carbonyl (C=O) groups excluding carboxylic acids is 1. The predicted octanol–water partition coefficient (Wildman–Crippen LogP) is 1.09. The van der Waals surface area contributed by atoms with Gasteiger partial charge in [0.2, 0.25) is 0 Å². The molecule has 0 aliphatic carbocycles. The summed E-state index contributed by atoms with van der Waals surface area (Å²) >= 11 is 0. The van der Waals surface area contributed by atoms with Gasteiger partial charge in [-0.2, -0.15) is 0 Å². The van der Waals surface area contributed by atoms with E-state index in [-0.39, 0.29) is 5.91 Å². The number of carbonyl (C=O) groups is 1. The maximum Gasteiger partial charge on any atom is 0.271 e. The summed E-state index contributed by atoms with van der Waals surface area (Å²) in [6, 6.07) is 3.57. The van der Waals surface area contributed by atoms with Crippen molar-refractivity contribution in [3.8, 4) is 0 Å². The van der Waals surface area contributed by atoms with Gasteiger partial charge < -0.3 is 15.0 Å². The fourth-order valence-corrected chi connectivity index (χ4v) is 1.97. The Morgan fingerprint density at radius 1 is 1.35 bits per heavy atom. The van der Waals surface area contributed by atoms with Crippen molar-refractivity contribution < 1.29 is 9.53 Å². The maximum absolute atomic E-state index is 11.9. The first kappa shape index (κ1) is 14.7. The summed E-state index contributed by atoms with van der Waals surface area (Å²) in [7, 11) is 0. The highest BCUT2D eigenvalue weighted by Gasteiger charge is 2.14. The fraction of sp³-hybridized carbons (Fsp3) is 0.643. The Bertz CT molecular complexity index is 427. The van der Waals surface area contributed by atoms with Crippen LogP contribution < -0.4 is 10.2 Å². The van der Waals surface area contributed by atoms with Crippen molar-refractivity contribution in [2.24, 2.45) is 5.92 Å². The molecule has 0 spiro atoms. The Morgan fingerprint density at radius 2 is 2.10 bits per heavy atom. The Morgan fingerprint density at radius 3 is 2.70 bits per heavy atom. The van der Waals surface area contributed by atoms with Crippen LogP contribution in [0.25, 0.3) is 0 Å². The van der Waals surface area contributed by atoms with Gasteiger partial charge >= 0.3 is 0 Å². The number of amides is 1. The zero-order valence-electron chi connectivity index (χ0n) is 12.1. The number of hydrogen-bond donors (Lipinski definition) is 1. The lowest BCUT2D eigenvalue weighted by Gasteiger charge is -2.27. The molecule has 0 saturated carbocycles. The van der Waals surface area contributed by atoms with E-state index in [9.17, 15) is 4.79 Å². The van der Waals surface area contributed by atoms with Crippen molar-refractivity contribution >= 4 is 11.7 Å². The Kier molecular flexibility index (Phi) is 5.29. The molecule has 1 amide bonds. The number of aromatic nitrogens is 2. The van der Waals surface area contributed by atoms with Crippen molar-refractivity contribution in [1.82, 2.24) is 15.5 Å². The number of hydrogen-bond acceptors (Lipinski definition) is 5. The lowest BCUT2D eigenvalue weighted by Crippen LogP contribution is -2.37. The minimum absolute atomic E-state index is 0.160. The van der Waals surface area contributed by atoms with Crippen molar-refractivity contribution in [2.75, 3.05) is 37.7 Å². The highest BCUT2D eigenvalue weighted by molar-refractivity contribution is 5.92. The highest BCUT2D eigenvalue weighted by Crippen LogP contribution is 2.11. The van der Waals surface area contributed by atoms with Gasteiger partial charge in [-0.05, 0) is 24.5 Å². The van der Waals surface area contributed by atoms with Gasteiger partial charge in [-0.25, -0.2) is 0 Å². The molecule has 2 rings (SSSR count). The summed E-state index contributed by atoms with van der Waals surface area (Å²) in [5.41, 5.74) is 0.366. The van der Waals surface area contributed by atoms with Gasteiger partial charge in [0.25, 0.3) is 5.91 Å². The summed E-state index contributed by atoms with van der Waals surface area (Å²) in [5.74, 6) is 1.21. The van der Waals surface area contributed by atoms with E-state index >= 15 is 0 Å². The molecule has 20 heavy (non-hydrogen) atoms. The quantitative estimate of drug-likeness (QED) is 0.873. The summed E-state index contributed by atoms with van der Waals surface area (Å²) in [6.45, 7) is 7.97. The van der Waals surface area contributed by atoms with E-state index in [0.717, 1.165) is 25.3 Å². The van der Waals surface area contributed by atoms with E-state index in [1.165, 1.54) is 0 Å². The van der Waals surface area contributed by atoms with Crippen molar-refractivity contribution in [1.29, 1.82) is 0 Å². The third-order valence-electron chi connectivity index (χ3n) is 3.23. The molecule has 6 nitrogen and oxygen atoms in total. The van der Waals surface area contributed by atoms with Crippen LogP contribution in [0, 0.1) is 5.92 Å². The largest absolute Gasteiger partial charge is 0.378 e. The second kappa shape index (κ2) is 7.19. The number of nitrogens with one attached hydrogen (secondary N) is 1. The fourth-order valence-electron chi connectivity index (χ4n) is 1.97. The minimum atomic E-state index is -0.160. The summed E-state index contributed by atoms with van der Waals surface area (Å²) in [4.78, 5) is 14.0. The first-order chi connectivity index (χ1) is 9.66. The van der Waals surface area contributed by atoms with Crippen LogP contribution in [-0.4, -0.2) is 49.0 Å². The smallest absolute Gasteiger partial charge is 0.271 e. The highest BCUT2D eigenvalue weighted by atomic mass is 16.5. The Hall–Kier alpha value is -1.69. The van der Waals surface area contributed by atoms with Gasteiger partial charge in [0.15, 0.2) is 11.5 Å². The van der Waals surface area contributed by atoms with E-state index in [0.29, 0.717) is 31.4 Å². The number of morpholine rings is 1. The van der Waals surface area contributed by atoms with Gasteiger partial charge in [-0.1, -0.05) is 13.8 Å².